The lowest BCUT2D eigenvalue weighted by Gasteiger charge is -2.17. The van der Waals surface area contributed by atoms with Gasteiger partial charge in [0.25, 0.3) is 0 Å². The van der Waals surface area contributed by atoms with Crippen LogP contribution in [-0.4, -0.2) is 40.6 Å². The minimum atomic E-state index is -0.304. The van der Waals surface area contributed by atoms with Crippen LogP contribution in [0.25, 0.3) is 0 Å². The van der Waals surface area contributed by atoms with Gasteiger partial charge in [-0.1, -0.05) is 35.5 Å². The highest BCUT2D eigenvalue weighted by molar-refractivity contribution is 7.99. The summed E-state index contributed by atoms with van der Waals surface area (Å²) < 4.78 is 18.7. The Kier molecular flexibility index (Phi) is 8.68. The van der Waals surface area contributed by atoms with Crippen LogP contribution in [0.1, 0.15) is 36.9 Å². The molecule has 3 aromatic rings. The molecule has 10 heteroatoms. The first-order valence-corrected chi connectivity index (χ1v) is 12.2. The van der Waals surface area contributed by atoms with Crippen molar-refractivity contribution >= 4 is 35.0 Å². The second-order valence-corrected chi connectivity index (χ2v) is 8.92. The van der Waals surface area contributed by atoms with E-state index in [-0.39, 0.29) is 17.8 Å². The number of anilines is 1. The zero-order valence-corrected chi connectivity index (χ0v) is 21.7. The van der Waals surface area contributed by atoms with E-state index in [9.17, 15) is 4.79 Å². The molecule has 0 aliphatic rings. The maximum absolute atomic E-state index is 12.6. The van der Waals surface area contributed by atoms with Crippen LogP contribution in [-0.2, 0) is 11.3 Å². The lowest BCUT2D eigenvalue weighted by atomic mass is 10.1. The minimum absolute atomic E-state index is 0.137. The summed E-state index contributed by atoms with van der Waals surface area (Å²) in [5.41, 5.74) is 2.74. The molecule has 0 aliphatic heterocycles. The molecule has 1 aromatic heterocycles. The van der Waals surface area contributed by atoms with Crippen LogP contribution in [0.5, 0.6) is 17.2 Å². The SMILES string of the molecule is CCn1c(SCC(=O)Nc2cc(OC)c(Cl)cc2OC)nnc1C(C)Oc1cccc(C)c1C. The van der Waals surface area contributed by atoms with Gasteiger partial charge in [0.05, 0.1) is 30.7 Å². The third kappa shape index (κ3) is 5.77. The number of amides is 1. The average Bonchev–Trinajstić information content (AvgIpc) is 3.24. The van der Waals surface area contributed by atoms with Crippen LogP contribution < -0.4 is 19.5 Å². The smallest absolute Gasteiger partial charge is 0.234 e. The Morgan fingerprint density at radius 2 is 1.88 bits per heavy atom. The standard InChI is InChI=1S/C24H29ClN4O4S/c1-7-29-23(16(4)33-19-10-8-9-14(2)15(19)3)27-28-24(29)34-13-22(30)26-18-12-20(31-5)17(25)11-21(18)32-6/h8-12,16H,7,13H2,1-6H3,(H,26,30). The molecular formula is C24H29ClN4O4S. The Bertz CT molecular complexity index is 1170. The third-order valence-corrected chi connectivity index (χ3v) is 6.63. The quantitative estimate of drug-likeness (QED) is 0.367. The first-order chi connectivity index (χ1) is 16.3. The van der Waals surface area contributed by atoms with Gasteiger partial charge >= 0.3 is 0 Å². The molecule has 1 unspecified atom stereocenters. The molecule has 1 amide bonds. The Morgan fingerprint density at radius 1 is 1.15 bits per heavy atom. The molecule has 0 bridgehead atoms. The number of nitrogens with one attached hydrogen (secondary N) is 1. The fraction of sp³-hybridized carbons (Fsp3) is 0.375. The number of rotatable bonds is 10. The predicted octanol–water partition coefficient (Wildman–Crippen LogP) is 5.46. The van der Waals surface area contributed by atoms with E-state index in [4.69, 9.17) is 25.8 Å². The van der Waals surface area contributed by atoms with E-state index >= 15 is 0 Å². The van der Waals surface area contributed by atoms with Crippen LogP contribution >= 0.6 is 23.4 Å². The number of carbonyl (C=O) groups is 1. The molecule has 0 saturated carbocycles. The molecule has 8 nitrogen and oxygen atoms in total. The molecule has 0 aliphatic carbocycles. The third-order valence-electron chi connectivity index (χ3n) is 5.36. The lowest BCUT2D eigenvalue weighted by molar-refractivity contribution is -0.113. The van der Waals surface area contributed by atoms with Crippen molar-refractivity contribution < 1.29 is 19.0 Å². The molecule has 34 heavy (non-hydrogen) atoms. The fourth-order valence-electron chi connectivity index (χ4n) is 3.37. The number of methoxy groups -OCH3 is 2. The van der Waals surface area contributed by atoms with Gasteiger partial charge in [-0.2, -0.15) is 0 Å². The van der Waals surface area contributed by atoms with E-state index in [1.165, 1.54) is 31.5 Å². The normalized spacial score (nSPS) is 11.7. The number of nitrogens with zero attached hydrogens (tertiary/aromatic N) is 3. The van der Waals surface area contributed by atoms with Crippen molar-refractivity contribution in [2.45, 2.75) is 45.5 Å². The molecule has 3 rings (SSSR count). The summed E-state index contributed by atoms with van der Waals surface area (Å²) in [6, 6.07) is 9.20. The van der Waals surface area contributed by atoms with Crippen LogP contribution in [0.3, 0.4) is 0 Å². The van der Waals surface area contributed by atoms with Gasteiger partial charge in [-0.25, -0.2) is 0 Å². The average molecular weight is 505 g/mol. The summed E-state index contributed by atoms with van der Waals surface area (Å²) in [5, 5.41) is 12.5. The first-order valence-electron chi connectivity index (χ1n) is 10.8. The van der Waals surface area contributed by atoms with Crippen molar-refractivity contribution in [3.8, 4) is 17.2 Å². The molecular weight excluding hydrogens is 476 g/mol. The topological polar surface area (TPSA) is 87.5 Å². The number of aryl methyl sites for hydroxylation is 1. The minimum Gasteiger partial charge on any atom is -0.495 e. The zero-order valence-electron chi connectivity index (χ0n) is 20.1. The van der Waals surface area contributed by atoms with Gasteiger partial charge in [0.2, 0.25) is 5.91 Å². The maximum Gasteiger partial charge on any atom is 0.234 e. The van der Waals surface area contributed by atoms with E-state index in [0.717, 1.165) is 11.3 Å². The highest BCUT2D eigenvalue weighted by Gasteiger charge is 2.21. The fourth-order valence-corrected chi connectivity index (χ4v) is 4.41. The predicted molar refractivity (Wildman–Crippen MR) is 135 cm³/mol. The molecule has 2 aromatic carbocycles. The molecule has 1 N–H and O–H groups in total. The van der Waals surface area contributed by atoms with Crippen LogP contribution in [0.2, 0.25) is 5.02 Å². The van der Waals surface area contributed by atoms with E-state index in [0.29, 0.717) is 39.7 Å². The van der Waals surface area contributed by atoms with Crippen molar-refractivity contribution in [2.24, 2.45) is 0 Å². The summed E-state index contributed by atoms with van der Waals surface area (Å²) >= 11 is 7.44. The highest BCUT2D eigenvalue weighted by Crippen LogP contribution is 2.36. The number of benzene rings is 2. The van der Waals surface area contributed by atoms with Gasteiger partial charge in [0.1, 0.15) is 17.2 Å². The highest BCUT2D eigenvalue weighted by atomic mass is 35.5. The molecule has 1 heterocycles. The van der Waals surface area contributed by atoms with Crippen LogP contribution in [0.4, 0.5) is 5.69 Å². The summed E-state index contributed by atoms with van der Waals surface area (Å²) in [4.78, 5) is 12.6. The Morgan fingerprint density at radius 3 is 2.56 bits per heavy atom. The largest absolute Gasteiger partial charge is 0.495 e. The van der Waals surface area contributed by atoms with Crippen molar-refractivity contribution in [3.05, 3.63) is 52.3 Å². The number of carbonyl (C=O) groups excluding carboxylic acids is 1. The molecule has 1 atom stereocenters. The molecule has 0 saturated heterocycles. The number of hydrogen-bond acceptors (Lipinski definition) is 7. The summed E-state index contributed by atoms with van der Waals surface area (Å²) in [7, 11) is 3.02. The summed E-state index contributed by atoms with van der Waals surface area (Å²) in [6.45, 7) is 8.69. The van der Waals surface area contributed by atoms with Crippen LogP contribution in [0.15, 0.2) is 35.5 Å². The monoisotopic (exact) mass is 504 g/mol. The van der Waals surface area contributed by atoms with Crippen LogP contribution in [0, 0.1) is 13.8 Å². The molecule has 182 valence electrons. The van der Waals surface area contributed by atoms with Crippen molar-refractivity contribution in [1.82, 2.24) is 14.8 Å². The van der Waals surface area contributed by atoms with E-state index in [2.05, 4.69) is 28.5 Å². The van der Waals surface area contributed by atoms with Gasteiger partial charge in [-0.15, -0.1) is 10.2 Å². The lowest BCUT2D eigenvalue weighted by Crippen LogP contribution is -2.16. The maximum atomic E-state index is 12.6. The van der Waals surface area contributed by atoms with Gasteiger partial charge in [-0.05, 0) is 44.9 Å². The van der Waals surface area contributed by atoms with Crippen molar-refractivity contribution in [2.75, 3.05) is 25.3 Å². The van der Waals surface area contributed by atoms with Crippen molar-refractivity contribution in [3.63, 3.8) is 0 Å². The van der Waals surface area contributed by atoms with Gasteiger partial charge < -0.3 is 24.1 Å². The number of halogens is 1. The number of thioether (sulfide) groups is 1. The first kappa shape index (κ1) is 25.7. The molecule has 0 radical (unpaired) electrons. The van der Waals surface area contributed by atoms with Crippen molar-refractivity contribution in [1.29, 1.82) is 0 Å². The molecule has 0 fully saturated rings. The molecule has 0 spiro atoms. The zero-order chi connectivity index (χ0) is 24.8. The number of hydrogen-bond donors (Lipinski definition) is 1. The van der Waals surface area contributed by atoms with E-state index in [1.54, 1.807) is 12.1 Å². The van der Waals surface area contributed by atoms with Gasteiger partial charge in [0, 0.05) is 18.7 Å². The second-order valence-electron chi connectivity index (χ2n) is 7.57. The number of ether oxygens (including phenoxy) is 3. The number of aromatic nitrogens is 3. The van der Waals surface area contributed by atoms with E-state index in [1.807, 2.05) is 37.5 Å². The summed E-state index contributed by atoms with van der Waals surface area (Å²) in [5.74, 6) is 2.33. The second kappa shape index (κ2) is 11.5. The van der Waals surface area contributed by atoms with Gasteiger partial charge in [0.15, 0.2) is 17.1 Å². The Balaban J connectivity index is 1.69. The van der Waals surface area contributed by atoms with Gasteiger partial charge in [-0.3, -0.25) is 4.79 Å². The van der Waals surface area contributed by atoms with E-state index < -0.39 is 0 Å². The Labute approximate surface area is 209 Å². The Hall–Kier alpha value is -2.91. The summed E-state index contributed by atoms with van der Waals surface area (Å²) in [6.07, 6.45) is -0.304.